The van der Waals surface area contributed by atoms with Crippen molar-refractivity contribution in [2.75, 3.05) is 0 Å². The van der Waals surface area contributed by atoms with Gasteiger partial charge in [-0.3, -0.25) is 0 Å². The topological polar surface area (TPSA) is 38.7 Å². The second-order valence-electron chi connectivity index (χ2n) is 3.85. The first-order valence-corrected chi connectivity index (χ1v) is 5.74. The smallest absolute Gasteiger partial charge is 0.433 e. The summed E-state index contributed by atoms with van der Waals surface area (Å²) in [5, 5.41) is 0. The van der Waals surface area contributed by atoms with E-state index in [-0.39, 0.29) is 12.4 Å². The number of ether oxygens (including phenoxy) is 1. The molecule has 1 amide bonds. The SMILES string of the molecule is O=C(/N=C/c1ccc(F)cc1)OCc1ccccc1. The van der Waals surface area contributed by atoms with Gasteiger partial charge in [-0.25, -0.2) is 9.18 Å². The average molecular weight is 257 g/mol. The number of hydrogen-bond acceptors (Lipinski definition) is 2. The van der Waals surface area contributed by atoms with Crippen LogP contribution in [-0.4, -0.2) is 12.3 Å². The molecule has 19 heavy (non-hydrogen) atoms. The van der Waals surface area contributed by atoms with Crippen LogP contribution in [0.2, 0.25) is 0 Å². The molecule has 0 fully saturated rings. The van der Waals surface area contributed by atoms with Crippen molar-refractivity contribution < 1.29 is 13.9 Å². The molecule has 0 bridgehead atoms. The predicted octanol–water partition coefficient (Wildman–Crippen LogP) is 3.58. The highest BCUT2D eigenvalue weighted by Crippen LogP contribution is 2.03. The third kappa shape index (κ3) is 4.35. The van der Waals surface area contributed by atoms with E-state index >= 15 is 0 Å². The van der Waals surface area contributed by atoms with Crippen LogP contribution in [0.1, 0.15) is 11.1 Å². The average Bonchev–Trinajstić information content (AvgIpc) is 2.45. The van der Waals surface area contributed by atoms with E-state index in [0.717, 1.165) is 5.56 Å². The van der Waals surface area contributed by atoms with Gasteiger partial charge in [0.1, 0.15) is 12.4 Å². The maximum Gasteiger partial charge on any atom is 0.433 e. The fraction of sp³-hybridized carbons (Fsp3) is 0.0667. The van der Waals surface area contributed by atoms with Crippen molar-refractivity contribution in [3.63, 3.8) is 0 Å². The lowest BCUT2D eigenvalue weighted by molar-refractivity contribution is 0.151. The number of carbonyl (C=O) groups excluding carboxylic acids is 1. The minimum atomic E-state index is -0.673. The molecule has 2 aromatic rings. The molecule has 2 aromatic carbocycles. The van der Waals surface area contributed by atoms with Crippen LogP contribution in [0.25, 0.3) is 0 Å². The van der Waals surface area contributed by atoms with Gasteiger partial charge in [-0.05, 0) is 23.3 Å². The Morgan fingerprint density at radius 1 is 1.11 bits per heavy atom. The molecule has 0 aliphatic rings. The molecular weight excluding hydrogens is 245 g/mol. The van der Waals surface area contributed by atoms with Crippen molar-refractivity contribution in [1.82, 2.24) is 0 Å². The van der Waals surface area contributed by atoms with Crippen molar-refractivity contribution in [2.45, 2.75) is 6.61 Å². The zero-order valence-electron chi connectivity index (χ0n) is 10.1. The molecule has 0 aliphatic carbocycles. The number of benzene rings is 2. The van der Waals surface area contributed by atoms with E-state index in [0.29, 0.717) is 5.56 Å². The maximum atomic E-state index is 12.7. The third-order valence-electron chi connectivity index (χ3n) is 2.39. The summed E-state index contributed by atoms with van der Waals surface area (Å²) in [5.74, 6) is -0.330. The normalized spacial score (nSPS) is 10.6. The van der Waals surface area contributed by atoms with Crippen LogP contribution in [-0.2, 0) is 11.3 Å². The van der Waals surface area contributed by atoms with E-state index in [4.69, 9.17) is 4.74 Å². The molecule has 3 nitrogen and oxygen atoms in total. The predicted molar refractivity (Wildman–Crippen MR) is 70.6 cm³/mol. The summed E-state index contributed by atoms with van der Waals surface area (Å²) < 4.78 is 17.6. The summed E-state index contributed by atoms with van der Waals surface area (Å²) in [6.07, 6.45) is 0.667. The van der Waals surface area contributed by atoms with Gasteiger partial charge in [-0.15, -0.1) is 0 Å². The Bertz CT molecular complexity index is 564. The summed E-state index contributed by atoms with van der Waals surface area (Å²) >= 11 is 0. The van der Waals surface area contributed by atoms with Gasteiger partial charge in [-0.2, -0.15) is 4.99 Å². The summed E-state index contributed by atoms with van der Waals surface area (Å²) in [6.45, 7) is 0.181. The summed E-state index contributed by atoms with van der Waals surface area (Å²) in [6, 6.07) is 15.0. The number of rotatable bonds is 3. The minimum absolute atomic E-state index is 0.181. The van der Waals surface area contributed by atoms with Crippen molar-refractivity contribution in [1.29, 1.82) is 0 Å². The molecule has 0 N–H and O–H groups in total. The Balaban J connectivity index is 1.86. The lowest BCUT2D eigenvalue weighted by atomic mass is 10.2. The van der Waals surface area contributed by atoms with Gasteiger partial charge in [0.25, 0.3) is 0 Å². The molecule has 0 aromatic heterocycles. The fourth-order valence-electron chi connectivity index (χ4n) is 1.43. The highest BCUT2D eigenvalue weighted by Gasteiger charge is 1.99. The molecule has 0 aliphatic heterocycles. The molecule has 0 unspecified atom stereocenters. The molecule has 2 rings (SSSR count). The van der Waals surface area contributed by atoms with E-state index in [9.17, 15) is 9.18 Å². The van der Waals surface area contributed by atoms with Gasteiger partial charge in [0.05, 0.1) is 0 Å². The van der Waals surface area contributed by atoms with E-state index < -0.39 is 6.09 Å². The standard InChI is InChI=1S/C15H12FNO2/c16-14-8-6-12(7-9-14)10-17-15(18)19-11-13-4-2-1-3-5-13/h1-10H,11H2/b17-10+. The quantitative estimate of drug-likeness (QED) is 0.788. The second-order valence-corrected chi connectivity index (χ2v) is 3.85. The van der Waals surface area contributed by atoms with Crippen molar-refractivity contribution in [3.8, 4) is 0 Å². The molecule has 4 heteroatoms. The van der Waals surface area contributed by atoms with E-state index in [1.165, 1.54) is 30.5 Å². The first kappa shape index (κ1) is 13.0. The van der Waals surface area contributed by atoms with Gasteiger partial charge >= 0.3 is 6.09 Å². The first-order valence-electron chi connectivity index (χ1n) is 5.74. The van der Waals surface area contributed by atoms with E-state index in [1.54, 1.807) is 0 Å². The van der Waals surface area contributed by atoms with E-state index in [2.05, 4.69) is 4.99 Å². The zero-order chi connectivity index (χ0) is 13.5. The summed E-state index contributed by atoms with van der Waals surface area (Å²) in [4.78, 5) is 15.0. The van der Waals surface area contributed by atoms with Gasteiger partial charge in [0.2, 0.25) is 0 Å². The number of aliphatic imine (C=N–C) groups is 1. The highest BCUT2D eigenvalue weighted by atomic mass is 19.1. The number of hydrogen-bond donors (Lipinski definition) is 0. The Labute approximate surface area is 110 Å². The third-order valence-corrected chi connectivity index (χ3v) is 2.39. The van der Waals surface area contributed by atoms with Gasteiger partial charge in [0, 0.05) is 6.21 Å². The van der Waals surface area contributed by atoms with Crippen molar-refractivity contribution >= 4 is 12.3 Å². The molecule has 0 saturated carbocycles. The van der Waals surface area contributed by atoms with Crippen LogP contribution in [0.5, 0.6) is 0 Å². The van der Waals surface area contributed by atoms with Crippen LogP contribution in [0.4, 0.5) is 9.18 Å². The molecule has 0 heterocycles. The Hall–Kier alpha value is -2.49. The number of halogens is 1. The maximum absolute atomic E-state index is 12.7. The molecular formula is C15H12FNO2. The molecule has 0 saturated heterocycles. The lowest BCUT2D eigenvalue weighted by Gasteiger charge is -2.00. The van der Waals surface area contributed by atoms with Crippen LogP contribution < -0.4 is 0 Å². The fourth-order valence-corrected chi connectivity index (χ4v) is 1.43. The van der Waals surface area contributed by atoms with Crippen molar-refractivity contribution in [2.24, 2.45) is 4.99 Å². The lowest BCUT2D eigenvalue weighted by Crippen LogP contribution is -1.99. The van der Waals surface area contributed by atoms with Crippen molar-refractivity contribution in [3.05, 3.63) is 71.5 Å². The zero-order valence-corrected chi connectivity index (χ0v) is 10.1. The van der Waals surface area contributed by atoms with Crippen LogP contribution in [0.3, 0.4) is 0 Å². The molecule has 0 atom stereocenters. The van der Waals surface area contributed by atoms with Crippen LogP contribution in [0.15, 0.2) is 59.6 Å². The van der Waals surface area contributed by atoms with Crippen LogP contribution >= 0.6 is 0 Å². The largest absolute Gasteiger partial charge is 0.443 e. The number of nitrogens with zero attached hydrogens (tertiary/aromatic N) is 1. The molecule has 96 valence electrons. The molecule has 0 spiro atoms. The Morgan fingerprint density at radius 2 is 1.79 bits per heavy atom. The van der Waals surface area contributed by atoms with Gasteiger partial charge in [-0.1, -0.05) is 42.5 Å². The Kier molecular flexibility index (Phi) is 4.39. The second kappa shape index (κ2) is 6.44. The number of carbonyl (C=O) groups is 1. The minimum Gasteiger partial charge on any atom is -0.443 e. The van der Waals surface area contributed by atoms with Gasteiger partial charge in [0.15, 0.2) is 0 Å². The van der Waals surface area contributed by atoms with E-state index in [1.807, 2.05) is 30.3 Å². The summed E-state index contributed by atoms with van der Waals surface area (Å²) in [5.41, 5.74) is 1.53. The number of amides is 1. The molecule has 0 radical (unpaired) electrons. The van der Waals surface area contributed by atoms with Crippen LogP contribution in [0, 0.1) is 5.82 Å². The first-order chi connectivity index (χ1) is 9.24. The Morgan fingerprint density at radius 3 is 2.47 bits per heavy atom. The van der Waals surface area contributed by atoms with Gasteiger partial charge < -0.3 is 4.74 Å². The summed E-state index contributed by atoms with van der Waals surface area (Å²) in [7, 11) is 0. The monoisotopic (exact) mass is 257 g/mol. The highest BCUT2D eigenvalue weighted by molar-refractivity contribution is 5.88.